The molecule has 8 heteroatoms. The van der Waals surface area contributed by atoms with Crippen LogP contribution in [0.4, 0.5) is 8.78 Å². The summed E-state index contributed by atoms with van der Waals surface area (Å²) in [6.07, 6.45) is 6.02. The number of hydrogen-bond acceptors (Lipinski definition) is 4. The first-order chi connectivity index (χ1) is 13.4. The molecule has 0 N–H and O–H groups in total. The SMILES string of the molecule is O=C([C@@H]1[C@@H]2C=C[C@@]3(CN(Cc4cccnc4)C(=O)[C@@H]13)O2)N1CCC(F)(F)CC1. The number of piperidine rings is 1. The van der Waals surface area contributed by atoms with Gasteiger partial charge in [-0.1, -0.05) is 18.2 Å². The maximum Gasteiger partial charge on any atom is 0.251 e. The number of carbonyl (C=O) groups is 2. The molecule has 1 aromatic rings. The van der Waals surface area contributed by atoms with Crippen molar-refractivity contribution >= 4 is 11.8 Å². The van der Waals surface area contributed by atoms with Gasteiger partial charge in [-0.05, 0) is 11.6 Å². The highest BCUT2D eigenvalue weighted by Crippen LogP contribution is 2.52. The van der Waals surface area contributed by atoms with E-state index in [9.17, 15) is 18.4 Å². The van der Waals surface area contributed by atoms with Gasteiger partial charge >= 0.3 is 0 Å². The molecule has 1 spiro atoms. The van der Waals surface area contributed by atoms with Gasteiger partial charge in [-0.25, -0.2) is 8.78 Å². The van der Waals surface area contributed by atoms with Crippen molar-refractivity contribution in [2.75, 3.05) is 19.6 Å². The van der Waals surface area contributed by atoms with Crippen LogP contribution in [0.2, 0.25) is 0 Å². The smallest absolute Gasteiger partial charge is 0.251 e. The molecule has 1 aromatic heterocycles. The molecule has 0 aliphatic carbocycles. The minimum atomic E-state index is -2.72. The second kappa shape index (κ2) is 6.07. The third-order valence-electron chi connectivity index (χ3n) is 6.37. The molecule has 2 bridgehead atoms. The molecule has 3 fully saturated rings. The van der Waals surface area contributed by atoms with E-state index in [1.54, 1.807) is 17.3 Å². The second-order valence-electron chi connectivity index (χ2n) is 8.14. The average molecular weight is 389 g/mol. The lowest BCUT2D eigenvalue weighted by Crippen LogP contribution is -2.50. The number of aromatic nitrogens is 1. The summed E-state index contributed by atoms with van der Waals surface area (Å²) in [5, 5.41) is 0. The Morgan fingerprint density at radius 2 is 2.11 bits per heavy atom. The quantitative estimate of drug-likeness (QED) is 0.737. The Morgan fingerprint density at radius 3 is 2.82 bits per heavy atom. The minimum absolute atomic E-state index is 0.0199. The van der Waals surface area contributed by atoms with Crippen LogP contribution in [-0.2, 0) is 20.9 Å². The lowest BCUT2D eigenvalue weighted by Gasteiger charge is -2.35. The summed E-state index contributed by atoms with van der Waals surface area (Å²) in [5.74, 6) is -4.30. The summed E-state index contributed by atoms with van der Waals surface area (Å²) >= 11 is 0. The summed E-state index contributed by atoms with van der Waals surface area (Å²) < 4.78 is 33.0. The Labute approximate surface area is 161 Å². The van der Waals surface area contributed by atoms with Gasteiger partial charge in [-0.3, -0.25) is 14.6 Å². The summed E-state index contributed by atoms with van der Waals surface area (Å²) in [6, 6.07) is 3.71. The van der Waals surface area contributed by atoms with Gasteiger partial charge in [0.1, 0.15) is 5.60 Å². The molecule has 0 aromatic carbocycles. The van der Waals surface area contributed by atoms with Gasteiger partial charge < -0.3 is 14.5 Å². The van der Waals surface area contributed by atoms with Crippen LogP contribution in [0.15, 0.2) is 36.7 Å². The first-order valence-electron chi connectivity index (χ1n) is 9.60. The van der Waals surface area contributed by atoms with E-state index in [4.69, 9.17) is 4.74 Å². The molecule has 5 rings (SSSR count). The van der Waals surface area contributed by atoms with Gasteiger partial charge in [0.05, 0.1) is 24.5 Å². The molecule has 28 heavy (non-hydrogen) atoms. The van der Waals surface area contributed by atoms with Crippen molar-refractivity contribution in [2.24, 2.45) is 11.8 Å². The fourth-order valence-corrected chi connectivity index (χ4v) is 4.97. The number of amides is 2. The van der Waals surface area contributed by atoms with E-state index in [-0.39, 0.29) is 37.7 Å². The Morgan fingerprint density at radius 1 is 1.32 bits per heavy atom. The highest BCUT2D eigenvalue weighted by Gasteiger charge is 2.67. The predicted molar refractivity (Wildman–Crippen MR) is 94.1 cm³/mol. The van der Waals surface area contributed by atoms with E-state index in [0.717, 1.165) is 5.56 Å². The van der Waals surface area contributed by atoms with E-state index >= 15 is 0 Å². The van der Waals surface area contributed by atoms with Crippen molar-refractivity contribution < 1.29 is 23.1 Å². The molecule has 2 amide bonds. The summed E-state index contributed by atoms with van der Waals surface area (Å²) in [4.78, 5) is 33.6. The topological polar surface area (TPSA) is 62.7 Å². The van der Waals surface area contributed by atoms with Gasteiger partial charge in [-0.15, -0.1) is 0 Å². The van der Waals surface area contributed by atoms with Gasteiger partial charge in [0, 0.05) is 44.9 Å². The number of nitrogens with zero attached hydrogens (tertiary/aromatic N) is 3. The zero-order valence-corrected chi connectivity index (χ0v) is 15.3. The van der Waals surface area contributed by atoms with Crippen LogP contribution >= 0.6 is 0 Å². The number of pyridine rings is 1. The van der Waals surface area contributed by atoms with Crippen LogP contribution in [0, 0.1) is 11.8 Å². The Kier molecular flexibility index (Phi) is 3.84. The molecule has 0 unspecified atom stereocenters. The Balaban J connectivity index is 1.36. The molecule has 4 aliphatic heterocycles. The molecule has 6 nitrogen and oxygen atoms in total. The van der Waals surface area contributed by atoms with Crippen LogP contribution in [0.5, 0.6) is 0 Å². The van der Waals surface area contributed by atoms with Crippen molar-refractivity contribution in [1.82, 2.24) is 14.8 Å². The number of halogens is 2. The van der Waals surface area contributed by atoms with Crippen molar-refractivity contribution in [3.63, 3.8) is 0 Å². The highest BCUT2D eigenvalue weighted by molar-refractivity contribution is 5.93. The number of carbonyl (C=O) groups excluding carboxylic acids is 2. The largest absolute Gasteiger partial charge is 0.360 e. The van der Waals surface area contributed by atoms with E-state index in [0.29, 0.717) is 13.1 Å². The number of ether oxygens (including phenoxy) is 1. The van der Waals surface area contributed by atoms with E-state index in [1.807, 2.05) is 24.3 Å². The van der Waals surface area contributed by atoms with Crippen LogP contribution in [0.1, 0.15) is 18.4 Å². The maximum absolute atomic E-state index is 13.5. The van der Waals surface area contributed by atoms with Gasteiger partial charge in [0.15, 0.2) is 0 Å². The molecule has 4 atom stereocenters. The van der Waals surface area contributed by atoms with Gasteiger partial charge in [0.2, 0.25) is 11.8 Å². The number of likely N-dealkylation sites (tertiary alicyclic amines) is 2. The third kappa shape index (κ3) is 2.65. The van der Waals surface area contributed by atoms with Crippen LogP contribution in [-0.4, -0.2) is 63.9 Å². The monoisotopic (exact) mass is 389 g/mol. The van der Waals surface area contributed by atoms with Crippen molar-refractivity contribution in [3.05, 3.63) is 42.2 Å². The first-order valence-corrected chi connectivity index (χ1v) is 9.60. The number of fused-ring (bicyclic) bond motifs is 1. The van der Waals surface area contributed by atoms with Gasteiger partial charge in [0.25, 0.3) is 5.92 Å². The normalized spacial score (nSPS) is 35.5. The fourth-order valence-electron chi connectivity index (χ4n) is 4.97. The lowest BCUT2D eigenvalue weighted by molar-refractivity contribution is -0.147. The van der Waals surface area contributed by atoms with Gasteiger partial charge in [-0.2, -0.15) is 0 Å². The number of hydrogen-bond donors (Lipinski definition) is 0. The van der Waals surface area contributed by atoms with Crippen molar-refractivity contribution in [3.8, 4) is 0 Å². The van der Waals surface area contributed by atoms with E-state index < -0.39 is 29.5 Å². The van der Waals surface area contributed by atoms with Crippen molar-refractivity contribution in [1.29, 1.82) is 0 Å². The lowest BCUT2D eigenvalue weighted by atomic mass is 9.76. The first kappa shape index (κ1) is 17.7. The zero-order chi connectivity index (χ0) is 19.5. The van der Waals surface area contributed by atoms with E-state index in [2.05, 4.69) is 4.98 Å². The molecule has 4 aliphatic rings. The third-order valence-corrected chi connectivity index (χ3v) is 6.37. The molecule has 3 saturated heterocycles. The molecular formula is C20H21F2N3O3. The Hall–Kier alpha value is -2.35. The Bertz CT molecular complexity index is 836. The summed E-state index contributed by atoms with van der Waals surface area (Å²) in [6.45, 7) is 0.835. The van der Waals surface area contributed by atoms with Crippen LogP contribution < -0.4 is 0 Å². The van der Waals surface area contributed by atoms with Crippen molar-refractivity contribution in [2.45, 2.75) is 37.0 Å². The minimum Gasteiger partial charge on any atom is -0.360 e. The molecule has 5 heterocycles. The number of alkyl halides is 2. The maximum atomic E-state index is 13.5. The predicted octanol–water partition coefficient (Wildman–Crippen LogP) is 1.62. The molecule has 0 radical (unpaired) electrons. The second-order valence-corrected chi connectivity index (χ2v) is 8.14. The zero-order valence-electron chi connectivity index (χ0n) is 15.3. The molecule has 148 valence electrons. The average Bonchev–Trinajstić information content (AvgIpc) is 3.31. The summed E-state index contributed by atoms with van der Waals surface area (Å²) in [7, 11) is 0. The highest BCUT2D eigenvalue weighted by atomic mass is 19.3. The van der Waals surface area contributed by atoms with Crippen LogP contribution in [0.3, 0.4) is 0 Å². The standard InChI is InChI=1S/C20H21F2N3O3/c21-20(22)5-8-24(9-6-20)17(26)15-14-3-4-19(28-14)12-25(18(27)16(15)19)11-13-2-1-7-23-10-13/h1-4,7,10,14-16H,5-6,8-9,11-12H2/t14-,15+,16+,19-/m0/s1. The van der Waals surface area contributed by atoms with E-state index in [1.165, 1.54) is 4.90 Å². The summed E-state index contributed by atoms with van der Waals surface area (Å²) in [5.41, 5.74) is 0.121. The fraction of sp³-hybridized carbons (Fsp3) is 0.550. The van der Waals surface area contributed by atoms with Crippen LogP contribution in [0.25, 0.3) is 0 Å². The molecule has 0 saturated carbocycles. The molecular weight excluding hydrogens is 368 g/mol. The number of rotatable bonds is 3.